The van der Waals surface area contributed by atoms with E-state index in [2.05, 4.69) is 16.7 Å². The summed E-state index contributed by atoms with van der Waals surface area (Å²) in [6.07, 6.45) is 0.949. The van der Waals surface area contributed by atoms with Gasteiger partial charge in [-0.1, -0.05) is 19.9 Å². The van der Waals surface area contributed by atoms with E-state index in [0.717, 1.165) is 56.2 Å². The van der Waals surface area contributed by atoms with Gasteiger partial charge in [-0.05, 0) is 51.9 Å². The third-order valence-corrected chi connectivity index (χ3v) is 6.95. The minimum Gasteiger partial charge on any atom is -0.466 e. The van der Waals surface area contributed by atoms with Crippen LogP contribution in [0.2, 0.25) is 0 Å². The molecule has 1 aliphatic heterocycles. The van der Waals surface area contributed by atoms with Crippen LogP contribution in [0.4, 0.5) is 10.2 Å². The van der Waals surface area contributed by atoms with E-state index in [9.17, 15) is 14.0 Å². The first-order chi connectivity index (χ1) is 17.3. The number of piperazine rings is 1. The second-order valence-electron chi connectivity index (χ2n) is 9.28. The number of aryl methyl sites for hydroxylation is 1. The average molecular weight is 502 g/mol. The van der Waals surface area contributed by atoms with Crippen molar-refractivity contribution in [1.82, 2.24) is 19.6 Å². The number of amides is 1. The van der Waals surface area contributed by atoms with Crippen LogP contribution in [0.15, 0.2) is 24.3 Å². The topological polar surface area (TPSA) is 70.9 Å². The molecule has 0 unspecified atom stereocenters. The zero-order chi connectivity index (χ0) is 26.2. The molecule has 8 nitrogen and oxygen atoms in total. The predicted molar refractivity (Wildman–Crippen MR) is 139 cm³/mol. The number of halogens is 1. The van der Waals surface area contributed by atoms with E-state index in [1.807, 2.05) is 36.4 Å². The molecule has 0 aliphatic carbocycles. The van der Waals surface area contributed by atoms with Crippen molar-refractivity contribution >= 4 is 17.7 Å². The highest BCUT2D eigenvalue weighted by Gasteiger charge is 2.29. The maximum absolute atomic E-state index is 14.2. The maximum atomic E-state index is 14.2. The van der Waals surface area contributed by atoms with E-state index in [0.29, 0.717) is 18.8 Å². The Kier molecular flexibility index (Phi) is 9.87. The van der Waals surface area contributed by atoms with Crippen molar-refractivity contribution in [1.29, 1.82) is 0 Å². The number of likely N-dealkylation sites (N-methyl/N-ethyl adjacent to an activating group) is 1. The van der Waals surface area contributed by atoms with Crippen LogP contribution in [-0.2, 0) is 20.9 Å². The number of carbonyl (C=O) groups is 2. The second kappa shape index (κ2) is 12.9. The number of nitrogens with zero attached hydrogens (tertiary/aromatic N) is 5. The third kappa shape index (κ3) is 6.63. The van der Waals surface area contributed by atoms with Gasteiger partial charge in [-0.15, -0.1) is 0 Å². The number of esters is 1. The Balaban J connectivity index is 1.97. The monoisotopic (exact) mass is 501 g/mol. The lowest BCUT2D eigenvalue weighted by Crippen LogP contribution is -2.47. The number of benzene rings is 1. The lowest BCUT2D eigenvalue weighted by Gasteiger charge is -2.37. The summed E-state index contributed by atoms with van der Waals surface area (Å²) in [6, 6.07) is 6.43. The molecular formula is C27H40FN5O3. The first-order valence-electron chi connectivity index (χ1n) is 13.1. The molecule has 0 N–H and O–H groups in total. The van der Waals surface area contributed by atoms with Gasteiger partial charge in [-0.2, -0.15) is 5.10 Å². The van der Waals surface area contributed by atoms with Gasteiger partial charge in [-0.3, -0.25) is 9.59 Å². The fourth-order valence-electron chi connectivity index (χ4n) is 4.59. The first-order valence-corrected chi connectivity index (χ1v) is 13.1. The van der Waals surface area contributed by atoms with Crippen LogP contribution >= 0.6 is 0 Å². The van der Waals surface area contributed by atoms with Gasteiger partial charge in [0, 0.05) is 44.2 Å². The number of hydrogen-bond donors (Lipinski definition) is 0. The van der Waals surface area contributed by atoms with Gasteiger partial charge in [0.15, 0.2) is 0 Å². The highest BCUT2D eigenvalue weighted by atomic mass is 19.1. The van der Waals surface area contributed by atoms with Gasteiger partial charge >= 0.3 is 5.97 Å². The zero-order valence-corrected chi connectivity index (χ0v) is 22.3. The quantitative estimate of drug-likeness (QED) is 0.435. The molecule has 0 bridgehead atoms. The predicted octanol–water partition coefficient (Wildman–Crippen LogP) is 3.93. The molecule has 36 heavy (non-hydrogen) atoms. The molecule has 1 atom stereocenters. The van der Waals surface area contributed by atoms with Crippen LogP contribution in [0.25, 0.3) is 5.69 Å². The molecule has 1 amide bonds. The number of ether oxygens (including phenoxy) is 1. The summed E-state index contributed by atoms with van der Waals surface area (Å²) in [4.78, 5) is 31.7. The van der Waals surface area contributed by atoms with E-state index >= 15 is 0 Å². The molecule has 198 valence electrons. The summed E-state index contributed by atoms with van der Waals surface area (Å²) < 4.78 is 21.0. The van der Waals surface area contributed by atoms with Crippen molar-refractivity contribution in [3.63, 3.8) is 0 Å². The number of anilines is 1. The molecule has 3 rings (SSSR count). The number of hydrogen-bond acceptors (Lipinski definition) is 6. The Hall–Kier alpha value is -2.94. The van der Waals surface area contributed by atoms with Crippen molar-refractivity contribution in [2.45, 2.75) is 66.5 Å². The van der Waals surface area contributed by atoms with Crippen molar-refractivity contribution < 1.29 is 18.7 Å². The molecule has 1 saturated heterocycles. The molecule has 1 aromatic carbocycles. The Labute approximate surface area is 214 Å². The van der Waals surface area contributed by atoms with Crippen LogP contribution in [0.5, 0.6) is 0 Å². The molecule has 0 saturated carbocycles. The maximum Gasteiger partial charge on any atom is 0.306 e. The molecule has 9 heteroatoms. The van der Waals surface area contributed by atoms with E-state index in [-0.39, 0.29) is 36.6 Å². The van der Waals surface area contributed by atoms with Crippen LogP contribution in [0.1, 0.15) is 58.2 Å². The van der Waals surface area contributed by atoms with E-state index in [1.165, 1.54) is 12.1 Å². The van der Waals surface area contributed by atoms with Crippen molar-refractivity contribution in [3.05, 3.63) is 41.3 Å². The smallest absolute Gasteiger partial charge is 0.306 e. The molecule has 2 heterocycles. The average Bonchev–Trinajstić information content (AvgIpc) is 3.21. The summed E-state index contributed by atoms with van der Waals surface area (Å²) in [7, 11) is 0. The number of carbonyl (C=O) groups excluding carboxylic acids is 2. The fourth-order valence-corrected chi connectivity index (χ4v) is 4.59. The van der Waals surface area contributed by atoms with Gasteiger partial charge in [0.2, 0.25) is 5.91 Å². The molecule has 1 fully saturated rings. The second-order valence-corrected chi connectivity index (χ2v) is 9.28. The first kappa shape index (κ1) is 27.6. The van der Waals surface area contributed by atoms with Gasteiger partial charge in [0.25, 0.3) is 0 Å². The van der Waals surface area contributed by atoms with E-state index < -0.39 is 0 Å². The van der Waals surface area contributed by atoms with Crippen molar-refractivity contribution in [2.75, 3.05) is 44.2 Å². The Morgan fingerprint density at radius 2 is 1.86 bits per heavy atom. The van der Waals surface area contributed by atoms with Crippen LogP contribution in [-0.4, -0.2) is 76.8 Å². The Morgan fingerprint density at radius 3 is 2.47 bits per heavy atom. The van der Waals surface area contributed by atoms with Gasteiger partial charge in [0.1, 0.15) is 11.6 Å². The van der Waals surface area contributed by atoms with E-state index in [1.54, 1.807) is 13.0 Å². The molecule has 1 aliphatic rings. The van der Waals surface area contributed by atoms with E-state index in [4.69, 9.17) is 9.84 Å². The van der Waals surface area contributed by atoms with Gasteiger partial charge in [-0.25, -0.2) is 9.07 Å². The number of aromatic nitrogens is 2. The summed E-state index contributed by atoms with van der Waals surface area (Å²) in [6.45, 7) is 15.1. The highest BCUT2D eigenvalue weighted by Crippen LogP contribution is 2.31. The molecule has 0 spiro atoms. The SMILES string of the molecule is CCOC(=O)CCC(=O)N(Cc1c(C)nn(-c2cccc(F)c2)c1N1CCN(CC)CC1)[C@H](C)CC. The van der Waals surface area contributed by atoms with Crippen LogP contribution < -0.4 is 4.90 Å². The zero-order valence-electron chi connectivity index (χ0n) is 22.3. The Bertz CT molecular complexity index is 1030. The molecular weight excluding hydrogens is 461 g/mol. The van der Waals surface area contributed by atoms with Gasteiger partial charge < -0.3 is 19.4 Å². The summed E-state index contributed by atoms with van der Waals surface area (Å²) in [5.74, 6) is 0.135. The minimum absolute atomic E-state index is 0.0126. The molecule has 1 aromatic heterocycles. The summed E-state index contributed by atoms with van der Waals surface area (Å²) >= 11 is 0. The van der Waals surface area contributed by atoms with Crippen LogP contribution in [0.3, 0.4) is 0 Å². The van der Waals surface area contributed by atoms with Crippen molar-refractivity contribution in [3.8, 4) is 5.69 Å². The summed E-state index contributed by atoms with van der Waals surface area (Å²) in [5.41, 5.74) is 2.41. The lowest BCUT2D eigenvalue weighted by molar-refractivity contribution is -0.146. The van der Waals surface area contributed by atoms with Gasteiger partial charge in [0.05, 0.1) is 31.0 Å². The minimum atomic E-state index is -0.362. The Morgan fingerprint density at radius 1 is 1.14 bits per heavy atom. The molecule has 2 aromatic rings. The fraction of sp³-hybridized carbons (Fsp3) is 0.593. The number of rotatable bonds is 11. The highest BCUT2D eigenvalue weighted by molar-refractivity contribution is 5.81. The molecule has 0 radical (unpaired) electrons. The summed E-state index contributed by atoms with van der Waals surface area (Å²) in [5, 5.41) is 4.82. The standard InChI is InChI=1S/C27H40FN5O3/c1-6-20(4)32(25(34)12-13-26(35)36-8-3)19-24-21(5)29-33(23-11-9-10-22(28)18-23)27(24)31-16-14-30(7-2)15-17-31/h9-11,18,20H,6-8,12-17,19H2,1-5H3/t20-/m1/s1. The van der Waals surface area contributed by atoms with Crippen LogP contribution in [0, 0.1) is 12.7 Å². The third-order valence-electron chi connectivity index (χ3n) is 6.95. The normalized spacial score (nSPS) is 15.1. The lowest BCUT2D eigenvalue weighted by atomic mass is 10.1. The largest absolute Gasteiger partial charge is 0.466 e. The van der Waals surface area contributed by atoms with Crippen molar-refractivity contribution in [2.24, 2.45) is 0 Å².